The van der Waals surface area contributed by atoms with Gasteiger partial charge in [0.25, 0.3) is 0 Å². The van der Waals surface area contributed by atoms with E-state index in [1.165, 1.54) is 0 Å². The lowest BCUT2D eigenvalue weighted by Gasteiger charge is -2.15. The number of fused-ring (bicyclic) bond motifs is 1. The number of rotatable bonds is 5. The number of benzene rings is 1. The highest BCUT2D eigenvalue weighted by atomic mass is 32.1. The van der Waals surface area contributed by atoms with Gasteiger partial charge in [-0.25, -0.2) is 4.98 Å². The number of carbonyl (C=O) groups is 2. The molecule has 0 radical (unpaired) electrons. The minimum Gasteiger partial charge on any atom is -0.467 e. The highest BCUT2D eigenvalue weighted by Crippen LogP contribution is 2.25. The Kier molecular flexibility index (Phi) is 4.40. The van der Waals surface area contributed by atoms with Gasteiger partial charge in [-0.3, -0.25) is 14.0 Å². The van der Waals surface area contributed by atoms with Crippen molar-refractivity contribution in [1.29, 1.82) is 0 Å². The lowest BCUT2D eigenvalue weighted by Crippen LogP contribution is -2.27. The number of nitrogens with one attached hydrogen (secondary N) is 1. The Morgan fingerprint density at radius 1 is 1.28 bits per heavy atom. The summed E-state index contributed by atoms with van der Waals surface area (Å²) in [5.41, 5.74) is 2.58. The molecule has 4 heterocycles. The van der Waals surface area contributed by atoms with Crippen LogP contribution in [0, 0.1) is 5.92 Å². The summed E-state index contributed by atoms with van der Waals surface area (Å²) in [6, 6.07) is 11.2. The second-order valence-electron chi connectivity index (χ2n) is 7.04. The molecule has 0 unspecified atom stereocenters. The van der Waals surface area contributed by atoms with E-state index in [1.807, 2.05) is 52.5 Å². The Morgan fingerprint density at radius 2 is 2.14 bits per heavy atom. The number of aromatic nitrogens is 2. The number of imidazole rings is 1. The molecule has 29 heavy (non-hydrogen) atoms. The topological polar surface area (TPSA) is 79.9 Å². The molecule has 1 aliphatic heterocycles. The summed E-state index contributed by atoms with van der Waals surface area (Å²) >= 11 is 1.59. The number of anilines is 1. The fourth-order valence-corrected chi connectivity index (χ4v) is 4.23. The van der Waals surface area contributed by atoms with Gasteiger partial charge in [0.15, 0.2) is 4.96 Å². The summed E-state index contributed by atoms with van der Waals surface area (Å²) in [6.45, 7) is 0.793. The molecule has 1 fully saturated rings. The van der Waals surface area contributed by atoms with Crippen LogP contribution in [0.3, 0.4) is 0 Å². The summed E-state index contributed by atoms with van der Waals surface area (Å²) in [5.74, 6) is 0.179. The number of carbonyl (C=O) groups excluding carboxylic acids is 2. The maximum Gasteiger partial charge on any atom is 0.229 e. The van der Waals surface area contributed by atoms with Gasteiger partial charge in [-0.15, -0.1) is 11.3 Å². The third-order valence-corrected chi connectivity index (χ3v) is 5.82. The van der Waals surface area contributed by atoms with Crippen LogP contribution in [0.2, 0.25) is 0 Å². The van der Waals surface area contributed by atoms with Crippen LogP contribution in [0.5, 0.6) is 0 Å². The molecular weight excluding hydrogens is 388 g/mol. The molecule has 1 aliphatic rings. The Balaban J connectivity index is 1.22. The van der Waals surface area contributed by atoms with Crippen molar-refractivity contribution in [3.63, 3.8) is 0 Å². The molecular formula is C21H18N4O3S. The van der Waals surface area contributed by atoms with Crippen LogP contribution in [0.1, 0.15) is 12.2 Å². The SMILES string of the molecule is O=C(Nc1ccc(-c2cn3ccsc3n2)cc1)[C@@H]1CC(=O)N(Cc2ccco2)C1. The lowest BCUT2D eigenvalue weighted by atomic mass is 10.1. The van der Waals surface area contributed by atoms with E-state index < -0.39 is 0 Å². The first-order valence-corrected chi connectivity index (χ1v) is 10.2. The van der Waals surface area contributed by atoms with Crippen molar-refractivity contribution in [3.05, 3.63) is 66.2 Å². The molecule has 3 aromatic heterocycles. The van der Waals surface area contributed by atoms with Gasteiger partial charge in [-0.2, -0.15) is 0 Å². The van der Waals surface area contributed by atoms with Crippen molar-refractivity contribution >= 4 is 33.8 Å². The van der Waals surface area contributed by atoms with Gasteiger partial charge in [0, 0.05) is 42.0 Å². The molecule has 1 atom stereocenters. The monoisotopic (exact) mass is 406 g/mol. The Bertz CT molecular complexity index is 1130. The van der Waals surface area contributed by atoms with Crippen LogP contribution in [0.4, 0.5) is 5.69 Å². The van der Waals surface area contributed by atoms with E-state index in [0.29, 0.717) is 24.5 Å². The van der Waals surface area contributed by atoms with E-state index >= 15 is 0 Å². The van der Waals surface area contributed by atoms with E-state index in [0.717, 1.165) is 16.2 Å². The fourth-order valence-electron chi connectivity index (χ4n) is 3.53. The van der Waals surface area contributed by atoms with Crippen LogP contribution < -0.4 is 5.32 Å². The van der Waals surface area contributed by atoms with Gasteiger partial charge >= 0.3 is 0 Å². The molecule has 1 N–H and O–H groups in total. The molecule has 0 bridgehead atoms. The minimum absolute atomic E-state index is 0.0309. The highest BCUT2D eigenvalue weighted by Gasteiger charge is 2.34. The molecule has 146 valence electrons. The number of hydrogen-bond donors (Lipinski definition) is 1. The molecule has 0 aliphatic carbocycles. The van der Waals surface area contributed by atoms with Gasteiger partial charge in [0.05, 0.1) is 24.4 Å². The average molecular weight is 406 g/mol. The van der Waals surface area contributed by atoms with Crippen molar-refractivity contribution in [2.45, 2.75) is 13.0 Å². The Labute approximate surface area is 170 Å². The average Bonchev–Trinajstić information content (AvgIpc) is 3.48. The Hall–Kier alpha value is -3.39. The first kappa shape index (κ1) is 17.7. The van der Waals surface area contributed by atoms with Gasteiger partial charge in [-0.1, -0.05) is 12.1 Å². The molecule has 0 spiro atoms. The van der Waals surface area contributed by atoms with E-state index in [9.17, 15) is 9.59 Å². The zero-order chi connectivity index (χ0) is 19.8. The first-order valence-electron chi connectivity index (χ1n) is 9.29. The lowest BCUT2D eigenvalue weighted by molar-refractivity contribution is -0.128. The van der Waals surface area contributed by atoms with E-state index in [1.54, 1.807) is 28.6 Å². The van der Waals surface area contributed by atoms with Crippen LogP contribution in [0.25, 0.3) is 16.2 Å². The summed E-state index contributed by atoms with van der Waals surface area (Å²) in [7, 11) is 0. The van der Waals surface area contributed by atoms with E-state index in [4.69, 9.17) is 4.42 Å². The maximum absolute atomic E-state index is 12.6. The van der Waals surface area contributed by atoms with E-state index in [-0.39, 0.29) is 24.2 Å². The third-order valence-electron chi connectivity index (χ3n) is 5.05. The van der Waals surface area contributed by atoms with Crippen molar-refractivity contribution < 1.29 is 14.0 Å². The summed E-state index contributed by atoms with van der Waals surface area (Å²) in [6.07, 6.45) is 5.76. The predicted molar refractivity (Wildman–Crippen MR) is 109 cm³/mol. The van der Waals surface area contributed by atoms with Crippen LogP contribution >= 0.6 is 11.3 Å². The standard InChI is InChI=1S/C21H18N4O3S/c26-19-10-15(11-25(19)12-17-2-1-8-28-17)20(27)22-16-5-3-14(4-6-16)18-13-24-7-9-29-21(24)23-18/h1-9,13,15H,10-12H2,(H,22,27)/t15-/m1/s1. The maximum atomic E-state index is 12.6. The molecule has 1 saturated heterocycles. The van der Waals surface area contributed by atoms with Crippen LogP contribution in [-0.2, 0) is 16.1 Å². The van der Waals surface area contributed by atoms with Crippen LogP contribution in [0.15, 0.2) is 64.9 Å². The largest absolute Gasteiger partial charge is 0.467 e. The Morgan fingerprint density at radius 3 is 2.90 bits per heavy atom. The normalized spacial score (nSPS) is 16.6. The summed E-state index contributed by atoms with van der Waals surface area (Å²) in [5, 5.41) is 4.91. The van der Waals surface area contributed by atoms with Crippen molar-refractivity contribution in [2.24, 2.45) is 5.92 Å². The number of thiazole rings is 1. The van der Waals surface area contributed by atoms with Gasteiger partial charge in [0.1, 0.15) is 5.76 Å². The summed E-state index contributed by atoms with van der Waals surface area (Å²) in [4.78, 5) is 32.0. The molecule has 2 amide bonds. The fraction of sp³-hybridized carbons (Fsp3) is 0.190. The van der Waals surface area contributed by atoms with Crippen LogP contribution in [-0.4, -0.2) is 32.6 Å². The van der Waals surface area contributed by atoms with Gasteiger partial charge in [0.2, 0.25) is 11.8 Å². The van der Waals surface area contributed by atoms with Crippen molar-refractivity contribution in [2.75, 3.05) is 11.9 Å². The molecule has 4 aromatic rings. The number of likely N-dealkylation sites (tertiary alicyclic amines) is 1. The number of nitrogens with zero attached hydrogens (tertiary/aromatic N) is 3. The quantitative estimate of drug-likeness (QED) is 0.549. The number of hydrogen-bond acceptors (Lipinski definition) is 5. The van der Waals surface area contributed by atoms with Gasteiger partial charge in [-0.05, 0) is 24.3 Å². The molecule has 8 heteroatoms. The first-order chi connectivity index (χ1) is 14.2. The van der Waals surface area contributed by atoms with E-state index in [2.05, 4.69) is 10.3 Å². The number of furan rings is 1. The molecule has 1 aromatic carbocycles. The third kappa shape index (κ3) is 3.54. The smallest absolute Gasteiger partial charge is 0.229 e. The number of amides is 2. The minimum atomic E-state index is -0.364. The van der Waals surface area contributed by atoms with Crippen molar-refractivity contribution in [1.82, 2.24) is 14.3 Å². The molecule has 0 saturated carbocycles. The second-order valence-corrected chi connectivity index (χ2v) is 7.91. The molecule has 5 rings (SSSR count). The second kappa shape index (κ2) is 7.21. The highest BCUT2D eigenvalue weighted by molar-refractivity contribution is 7.15. The predicted octanol–water partition coefficient (Wildman–Crippen LogP) is 3.64. The van der Waals surface area contributed by atoms with Crippen molar-refractivity contribution in [3.8, 4) is 11.3 Å². The molecule has 7 nitrogen and oxygen atoms in total. The zero-order valence-corrected chi connectivity index (χ0v) is 16.3. The van der Waals surface area contributed by atoms with Gasteiger partial charge < -0.3 is 14.6 Å². The summed E-state index contributed by atoms with van der Waals surface area (Å²) < 4.78 is 7.28. The zero-order valence-electron chi connectivity index (χ0n) is 15.4.